The first-order valence-electron chi connectivity index (χ1n) is 6.84. The summed E-state index contributed by atoms with van der Waals surface area (Å²) in [5.41, 5.74) is 1.15. The summed E-state index contributed by atoms with van der Waals surface area (Å²) in [6.07, 6.45) is 0.810. The van der Waals surface area contributed by atoms with Gasteiger partial charge in [-0.1, -0.05) is 0 Å². The van der Waals surface area contributed by atoms with Gasteiger partial charge in [0.05, 0.1) is 4.90 Å². The Balaban J connectivity index is 1.91. The van der Waals surface area contributed by atoms with Crippen LogP contribution in [0.1, 0.15) is 28.3 Å². The number of sulfonamides is 1. The first-order valence-corrected chi connectivity index (χ1v) is 10.0. The minimum atomic E-state index is -3.41. The fraction of sp³-hybridized carbons (Fsp3) is 0.429. The Labute approximate surface area is 133 Å². The summed E-state index contributed by atoms with van der Waals surface area (Å²) in [5, 5.41) is 6.85. The zero-order valence-electron chi connectivity index (χ0n) is 12.0. The van der Waals surface area contributed by atoms with Gasteiger partial charge in [-0.2, -0.15) is 4.31 Å². The van der Waals surface area contributed by atoms with Gasteiger partial charge in [0.15, 0.2) is 0 Å². The molecule has 1 aliphatic heterocycles. The van der Waals surface area contributed by atoms with Crippen LogP contribution >= 0.6 is 22.7 Å². The number of nitrogens with one attached hydrogen (secondary N) is 1. The Hall–Kier alpha value is -0.730. The molecular weight excluding hydrogens is 324 g/mol. The van der Waals surface area contributed by atoms with Crippen LogP contribution in [0, 0.1) is 0 Å². The van der Waals surface area contributed by atoms with Crippen molar-refractivity contribution in [3.8, 4) is 0 Å². The summed E-state index contributed by atoms with van der Waals surface area (Å²) >= 11 is 3.21. The zero-order chi connectivity index (χ0) is 15.0. The molecule has 0 saturated heterocycles. The lowest BCUT2D eigenvalue weighted by molar-refractivity contribution is 0.329. The molecule has 3 heterocycles. The van der Waals surface area contributed by atoms with Crippen molar-refractivity contribution in [3.63, 3.8) is 0 Å². The summed E-state index contributed by atoms with van der Waals surface area (Å²) in [6, 6.07) is 3.75. The highest BCUT2D eigenvalue weighted by Gasteiger charge is 2.34. The van der Waals surface area contributed by atoms with Crippen LogP contribution in [0.5, 0.6) is 0 Å². The highest BCUT2D eigenvalue weighted by atomic mass is 32.2. The molecule has 1 N–H and O–H groups in total. The molecule has 0 fully saturated rings. The molecule has 4 nitrogen and oxygen atoms in total. The quantitative estimate of drug-likeness (QED) is 0.929. The van der Waals surface area contributed by atoms with Crippen molar-refractivity contribution in [2.45, 2.75) is 30.8 Å². The fourth-order valence-corrected chi connectivity index (χ4v) is 6.56. The highest BCUT2D eigenvalue weighted by Crippen LogP contribution is 2.36. The van der Waals surface area contributed by atoms with E-state index in [0.29, 0.717) is 18.0 Å². The maximum Gasteiger partial charge on any atom is 0.244 e. The molecule has 1 aliphatic rings. The highest BCUT2D eigenvalue weighted by molar-refractivity contribution is 7.89. The summed E-state index contributed by atoms with van der Waals surface area (Å²) in [6.45, 7) is 3.24. The van der Waals surface area contributed by atoms with E-state index < -0.39 is 10.0 Å². The average Bonchev–Trinajstić information content (AvgIpc) is 3.08. The van der Waals surface area contributed by atoms with Crippen molar-refractivity contribution in [1.82, 2.24) is 9.62 Å². The fourth-order valence-electron chi connectivity index (χ4n) is 2.71. The summed E-state index contributed by atoms with van der Waals surface area (Å²) < 4.78 is 27.4. The van der Waals surface area contributed by atoms with Crippen molar-refractivity contribution in [1.29, 1.82) is 0 Å². The predicted molar refractivity (Wildman–Crippen MR) is 87.4 cm³/mol. The van der Waals surface area contributed by atoms with Gasteiger partial charge in [0.2, 0.25) is 10.0 Å². The largest absolute Gasteiger partial charge is 0.315 e. The van der Waals surface area contributed by atoms with Gasteiger partial charge < -0.3 is 5.32 Å². The SMILES string of the molecule is CNCc1cc(S(=O)(=O)N2CCc3sccc3C2C)cs1. The number of fused-ring (bicyclic) bond motifs is 1. The molecule has 114 valence electrons. The lowest BCUT2D eigenvalue weighted by Crippen LogP contribution is -2.38. The van der Waals surface area contributed by atoms with E-state index >= 15 is 0 Å². The van der Waals surface area contributed by atoms with Crippen LogP contribution in [0.4, 0.5) is 0 Å². The Morgan fingerprint density at radius 2 is 2.24 bits per heavy atom. The van der Waals surface area contributed by atoms with Gasteiger partial charge in [0.25, 0.3) is 0 Å². The molecule has 0 spiro atoms. The normalized spacial score (nSPS) is 19.6. The number of nitrogens with zero attached hydrogens (tertiary/aromatic N) is 1. The van der Waals surface area contributed by atoms with E-state index in [1.807, 2.05) is 25.4 Å². The van der Waals surface area contributed by atoms with E-state index in [-0.39, 0.29) is 6.04 Å². The average molecular weight is 343 g/mol. The lowest BCUT2D eigenvalue weighted by atomic mass is 10.0. The molecule has 1 atom stereocenters. The van der Waals surface area contributed by atoms with Crippen molar-refractivity contribution in [2.75, 3.05) is 13.6 Å². The molecule has 2 aromatic heterocycles. The van der Waals surface area contributed by atoms with Gasteiger partial charge in [-0.15, -0.1) is 22.7 Å². The Bertz CT molecular complexity index is 733. The third-order valence-corrected chi connectivity index (χ3v) is 7.84. The number of hydrogen-bond acceptors (Lipinski definition) is 5. The Morgan fingerprint density at radius 3 is 3.00 bits per heavy atom. The minimum Gasteiger partial charge on any atom is -0.315 e. The molecule has 7 heteroatoms. The van der Waals surface area contributed by atoms with E-state index in [1.54, 1.807) is 27.1 Å². The second-order valence-electron chi connectivity index (χ2n) is 5.12. The first-order chi connectivity index (χ1) is 10.0. The van der Waals surface area contributed by atoms with Crippen molar-refractivity contribution in [2.24, 2.45) is 0 Å². The molecule has 0 radical (unpaired) electrons. The van der Waals surface area contributed by atoms with Gasteiger partial charge in [-0.05, 0) is 43.5 Å². The third kappa shape index (κ3) is 2.68. The molecule has 21 heavy (non-hydrogen) atoms. The van der Waals surface area contributed by atoms with Gasteiger partial charge in [0.1, 0.15) is 0 Å². The first kappa shape index (κ1) is 15.2. The number of rotatable bonds is 4. The van der Waals surface area contributed by atoms with Crippen LogP contribution in [0.25, 0.3) is 0 Å². The van der Waals surface area contributed by atoms with Crippen molar-refractivity contribution < 1.29 is 8.42 Å². The van der Waals surface area contributed by atoms with Gasteiger partial charge in [-0.25, -0.2) is 8.42 Å². The van der Waals surface area contributed by atoms with E-state index in [0.717, 1.165) is 16.9 Å². The topological polar surface area (TPSA) is 49.4 Å². The molecular formula is C14H18N2O2S3. The summed E-state index contributed by atoms with van der Waals surface area (Å²) in [7, 11) is -1.55. The van der Waals surface area contributed by atoms with Crippen LogP contribution < -0.4 is 5.32 Å². The van der Waals surface area contributed by atoms with Crippen LogP contribution in [0.15, 0.2) is 27.8 Å². The van der Waals surface area contributed by atoms with Crippen molar-refractivity contribution in [3.05, 3.63) is 38.2 Å². The molecule has 0 amide bonds. The molecule has 0 saturated carbocycles. The van der Waals surface area contributed by atoms with E-state index in [4.69, 9.17) is 0 Å². The summed E-state index contributed by atoms with van der Waals surface area (Å²) in [5.74, 6) is 0. The van der Waals surface area contributed by atoms with E-state index in [1.165, 1.54) is 16.2 Å². The van der Waals surface area contributed by atoms with E-state index in [2.05, 4.69) is 5.32 Å². The second-order valence-corrected chi connectivity index (χ2v) is 9.01. The Kier molecular flexibility index (Phi) is 4.20. The molecule has 0 bridgehead atoms. The third-order valence-electron chi connectivity index (χ3n) is 3.81. The molecule has 1 unspecified atom stereocenters. The van der Waals surface area contributed by atoms with Crippen LogP contribution in [0.2, 0.25) is 0 Å². The molecule has 0 aliphatic carbocycles. The standard InChI is InChI=1S/C14H18N2O2S3/c1-10-13-4-6-19-14(13)3-5-16(10)21(17,18)12-7-11(8-15-2)20-9-12/h4,6-7,9-10,15H,3,5,8H2,1-2H3. The molecule has 3 rings (SSSR count). The van der Waals surface area contributed by atoms with Crippen LogP contribution in [-0.4, -0.2) is 26.3 Å². The number of thiophene rings is 2. The Morgan fingerprint density at radius 1 is 1.43 bits per heavy atom. The van der Waals surface area contributed by atoms with Gasteiger partial charge in [0, 0.05) is 34.3 Å². The maximum absolute atomic E-state index is 12.9. The molecule has 2 aromatic rings. The van der Waals surface area contributed by atoms with Gasteiger partial charge >= 0.3 is 0 Å². The zero-order valence-corrected chi connectivity index (χ0v) is 14.4. The number of hydrogen-bond donors (Lipinski definition) is 1. The van der Waals surface area contributed by atoms with Gasteiger partial charge in [-0.3, -0.25) is 0 Å². The van der Waals surface area contributed by atoms with Crippen LogP contribution in [0.3, 0.4) is 0 Å². The molecule has 0 aromatic carbocycles. The van der Waals surface area contributed by atoms with E-state index in [9.17, 15) is 8.42 Å². The minimum absolute atomic E-state index is 0.0855. The summed E-state index contributed by atoms with van der Waals surface area (Å²) in [4.78, 5) is 2.77. The predicted octanol–water partition coefficient (Wildman–Crippen LogP) is 2.84. The maximum atomic E-state index is 12.9. The van der Waals surface area contributed by atoms with Crippen LogP contribution in [-0.2, 0) is 23.0 Å². The monoisotopic (exact) mass is 342 g/mol. The lowest BCUT2D eigenvalue weighted by Gasteiger charge is -2.32. The second kappa shape index (κ2) is 5.81. The van der Waals surface area contributed by atoms with Crippen molar-refractivity contribution >= 4 is 32.7 Å². The smallest absolute Gasteiger partial charge is 0.244 e.